The zero-order valence-corrected chi connectivity index (χ0v) is 11.2. The van der Waals surface area contributed by atoms with Crippen LogP contribution in [0.25, 0.3) is 0 Å². The second-order valence-corrected chi connectivity index (χ2v) is 4.50. The predicted octanol–water partition coefficient (Wildman–Crippen LogP) is 2.02. The van der Waals surface area contributed by atoms with Gasteiger partial charge in [-0.05, 0) is 25.5 Å². The van der Waals surface area contributed by atoms with Gasteiger partial charge in [-0.1, -0.05) is 13.0 Å². The van der Waals surface area contributed by atoms with Crippen LogP contribution in [-0.2, 0) is 11.3 Å². The van der Waals surface area contributed by atoms with Crippen LogP contribution in [0.15, 0.2) is 18.2 Å². The zero-order chi connectivity index (χ0) is 15.3. The summed E-state index contributed by atoms with van der Waals surface area (Å²) in [7, 11) is 0. The van der Waals surface area contributed by atoms with Crippen molar-refractivity contribution in [2.75, 3.05) is 0 Å². The van der Waals surface area contributed by atoms with Gasteiger partial charge in [-0.2, -0.15) is 0 Å². The number of hydrogen-bond acceptors (Lipinski definition) is 2. The molecule has 1 aromatic carbocycles. The summed E-state index contributed by atoms with van der Waals surface area (Å²) in [5, 5.41) is 13.5. The first kappa shape index (κ1) is 15.9. The van der Waals surface area contributed by atoms with Crippen LogP contribution < -0.4 is 10.6 Å². The normalized spacial score (nSPS) is 13.4. The molecule has 0 heterocycles. The van der Waals surface area contributed by atoms with Crippen LogP contribution in [0.5, 0.6) is 0 Å². The van der Waals surface area contributed by atoms with E-state index in [4.69, 9.17) is 5.11 Å². The Bertz CT molecular complexity index is 502. The number of halogens is 2. The van der Waals surface area contributed by atoms with E-state index in [1.165, 1.54) is 13.0 Å². The molecule has 1 aromatic rings. The Balaban J connectivity index is 2.67. The monoisotopic (exact) mass is 286 g/mol. The van der Waals surface area contributed by atoms with Crippen LogP contribution in [0.3, 0.4) is 0 Å². The number of nitrogens with one attached hydrogen (secondary N) is 2. The molecule has 0 bridgehead atoms. The molecular weight excluding hydrogens is 270 g/mol. The van der Waals surface area contributed by atoms with Gasteiger partial charge in [0.1, 0.15) is 17.2 Å². The molecule has 1 atom stereocenters. The largest absolute Gasteiger partial charge is 0.480 e. The van der Waals surface area contributed by atoms with E-state index in [-0.39, 0.29) is 18.5 Å². The minimum atomic E-state index is -1.43. The fourth-order valence-electron chi connectivity index (χ4n) is 1.46. The fourth-order valence-corrected chi connectivity index (χ4v) is 1.46. The smallest absolute Gasteiger partial charge is 0.329 e. The first-order valence-electron chi connectivity index (χ1n) is 6.02. The van der Waals surface area contributed by atoms with Crippen molar-refractivity contribution < 1.29 is 23.5 Å². The first-order valence-corrected chi connectivity index (χ1v) is 6.02. The number of benzene rings is 1. The Labute approximate surface area is 115 Å². The molecule has 7 heteroatoms. The summed E-state index contributed by atoms with van der Waals surface area (Å²) >= 11 is 0. The topological polar surface area (TPSA) is 78.4 Å². The highest BCUT2D eigenvalue weighted by Crippen LogP contribution is 2.12. The highest BCUT2D eigenvalue weighted by atomic mass is 19.1. The third kappa shape index (κ3) is 3.66. The summed E-state index contributed by atoms with van der Waals surface area (Å²) in [6.45, 7) is 2.58. The van der Waals surface area contributed by atoms with Gasteiger partial charge >= 0.3 is 12.0 Å². The molecular formula is C13H16F2N2O3. The minimum absolute atomic E-state index is 0.170. The average molecular weight is 286 g/mol. The zero-order valence-electron chi connectivity index (χ0n) is 11.2. The van der Waals surface area contributed by atoms with Crippen LogP contribution in [0.2, 0.25) is 0 Å². The molecule has 0 aliphatic rings. The number of hydrogen-bond donors (Lipinski definition) is 3. The van der Waals surface area contributed by atoms with Gasteiger partial charge in [-0.15, -0.1) is 0 Å². The van der Waals surface area contributed by atoms with E-state index < -0.39 is 29.2 Å². The number of carboxylic acid groups (broad SMARTS) is 1. The molecule has 0 aliphatic carbocycles. The van der Waals surface area contributed by atoms with Crippen molar-refractivity contribution in [2.24, 2.45) is 0 Å². The maximum atomic E-state index is 13.3. The van der Waals surface area contributed by atoms with E-state index in [0.717, 1.165) is 12.1 Å². The van der Waals surface area contributed by atoms with Gasteiger partial charge in [0.15, 0.2) is 0 Å². The van der Waals surface area contributed by atoms with Gasteiger partial charge in [0, 0.05) is 5.56 Å². The minimum Gasteiger partial charge on any atom is -0.480 e. The highest BCUT2D eigenvalue weighted by Gasteiger charge is 2.32. The molecule has 110 valence electrons. The summed E-state index contributed by atoms with van der Waals surface area (Å²) in [4.78, 5) is 22.6. The molecule has 0 aliphatic heterocycles. The predicted molar refractivity (Wildman–Crippen MR) is 68.1 cm³/mol. The Hall–Kier alpha value is -2.18. The lowest BCUT2D eigenvalue weighted by Gasteiger charge is -2.24. The Morgan fingerprint density at radius 1 is 1.30 bits per heavy atom. The van der Waals surface area contributed by atoms with Crippen molar-refractivity contribution in [2.45, 2.75) is 32.4 Å². The summed E-state index contributed by atoms with van der Waals surface area (Å²) in [6, 6.07) is 2.56. The first-order chi connectivity index (χ1) is 9.30. The van der Waals surface area contributed by atoms with Crippen molar-refractivity contribution in [3.63, 3.8) is 0 Å². The lowest BCUT2D eigenvalue weighted by Crippen LogP contribution is -2.54. The number of amides is 2. The van der Waals surface area contributed by atoms with Gasteiger partial charge in [0.05, 0.1) is 6.54 Å². The summed E-state index contributed by atoms with van der Waals surface area (Å²) in [6.07, 6.45) is 0.170. The van der Waals surface area contributed by atoms with Crippen molar-refractivity contribution in [1.82, 2.24) is 10.6 Å². The fraction of sp³-hybridized carbons (Fsp3) is 0.385. The van der Waals surface area contributed by atoms with E-state index in [2.05, 4.69) is 10.6 Å². The van der Waals surface area contributed by atoms with Crippen molar-refractivity contribution in [3.05, 3.63) is 35.4 Å². The van der Waals surface area contributed by atoms with Crippen LogP contribution in [0.4, 0.5) is 13.6 Å². The molecule has 1 rings (SSSR count). The third-order valence-electron chi connectivity index (χ3n) is 3.06. The van der Waals surface area contributed by atoms with Crippen molar-refractivity contribution >= 4 is 12.0 Å². The van der Waals surface area contributed by atoms with Gasteiger partial charge in [-0.3, -0.25) is 0 Å². The Morgan fingerprint density at radius 2 is 1.85 bits per heavy atom. The number of carbonyl (C=O) groups is 2. The van der Waals surface area contributed by atoms with Crippen LogP contribution in [0, 0.1) is 11.6 Å². The quantitative estimate of drug-likeness (QED) is 0.775. The molecule has 20 heavy (non-hydrogen) atoms. The lowest BCUT2D eigenvalue weighted by atomic mass is 10.00. The average Bonchev–Trinajstić information content (AvgIpc) is 2.37. The number of carboxylic acids is 1. The molecule has 0 saturated carbocycles. The maximum absolute atomic E-state index is 13.3. The molecule has 2 amide bonds. The number of carbonyl (C=O) groups excluding carboxylic acids is 1. The Kier molecular flexibility index (Phi) is 5.01. The molecule has 0 spiro atoms. The van der Waals surface area contributed by atoms with Gasteiger partial charge in [0.2, 0.25) is 0 Å². The van der Waals surface area contributed by atoms with Gasteiger partial charge in [0.25, 0.3) is 0 Å². The Morgan fingerprint density at radius 3 is 2.30 bits per heavy atom. The van der Waals surface area contributed by atoms with Crippen LogP contribution in [-0.4, -0.2) is 22.6 Å². The van der Waals surface area contributed by atoms with Crippen LogP contribution in [0.1, 0.15) is 25.8 Å². The highest BCUT2D eigenvalue weighted by molar-refractivity contribution is 5.85. The number of urea groups is 1. The molecule has 0 saturated heterocycles. The third-order valence-corrected chi connectivity index (χ3v) is 3.06. The second-order valence-electron chi connectivity index (χ2n) is 4.50. The molecule has 0 radical (unpaired) electrons. The number of aliphatic carboxylic acids is 1. The molecule has 0 fully saturated rings. The molecule has 3 N–H and O–H groups in total. The molecule has 1 unspecified atom stereocenters. The SMILES string of the molecule is CCC(C)(NC(=O)NCc1c(F)cccc1F)C(=O)O. The van der Waals surface area contributed by atoms with Crippen LogP contribution >= 0.6 is 0 Å². The van der Waals surface area contributed by atoms with Gasteiger partial charge < -0.3 is 15.7 Å². The van der Waals surface area contributed by atoms with Gasteiger partial charge in [-0.25, -0.2) is 18.4 Å². The van der Waals surface area contributed by atoms with E-state index in [9.17, 15) is 18.4 Å². The van der Waals surface area contributed by atoms with Crippen molar-refractivity contribution in [1.29, 1.82) is 0 Å². The summed E-state index contributed by atoms with van der Waals surface area (Å²) in [5.41, 5.74) is -1.71. The van der Waals surface area contributed by atoms with Crippen molar-refractivity contribution in [3.8, 4) is 0 Å². The maximum Gasteiger partial charge on any atom is 0.329 e. The lowest BCUT2D eigenvalue weighted by molar-refractivity contribution is -0.143. The summed E-state index contributed by atoms with van der Waals surface area (Å²) in [5.74, 6) is -2.74. The van der Waals surface area contributed by atoms with E-state index >= 15 is 0 Å². The second kappa shape index (κ2) is 6.31. The molecule has 5 nitrogen and oxygen atoms in total. The standard InChI is InChI=1S/C13H16F2N2O3/c1-3-13(2,11(18)19)17-12(20)16-7-8-9(14)5-4-6-10(8)15/h4-6H,3,7H2,1-2H3,(H,18,19)(H2,16,17,20). The number of rotatable bonds is 5. The van der Waals surface area contributed by atoms with E-state index in [1.807, 2.05) is 0 Å². The molecule has 0 aromatic heterocycles. The van der Waals surface area contributed by atoms with E-state index in [1.54, 1.807) is 6.92 Å². The summed E-state index contributed by atoms with van der Waals surface area (Å²) < 4.78 is 26.7. The van der Waals surface area contributed by atoms with E-state index in [0.29, 0.717) is 0 Å².